The molecule has 6 heteroatoms. The fraction of sp³-hybridized carbons (Fsp3) is 0.286. The Morgan fingerprint density at radius 1 is 1.35 bits per heavy atom. The van der Waals surface area contributed by atoms with Gasteiger partial charge in [-0.25, -0.2) is 13.8 Å². The number of nitrogens with zero attached hydrogens (tertiary/aromatic N) is 1. The van der Waals surface area contributed by atoms with Gasteiger partial charge in [-0.2, -0.15) is 0 Å². The molecule has 0 saturated heterocycles. The van der Waals surface area contributed by atoms with Crippen LogP contribution in [0, 0.1) is 16.3 Å². The smallest absolute Gasteiger partial charge is 0.144 e. The van der Waals surface area contributed by atoms with E-state index in [1.807, 2.05) is 0 Å². The SMILES string of the molecule is CCCc1[nH]c(Cc2ccc(F)cc2F)nc(=S)c1Br. The Labute approximate surface area is 129 Å². The first-order valence-corrected chi connectivity index (χ1v) is 7.43. The van der Waals surface area contributed by atoms with E-state index >= 15 is 0 Å². The standard InChI is InChI=1S/C14H13BrF2N2S/c1-2-3-11-13(15)14(20)19-12(18-11)6-8-4-5-9(16)7-10(8)17/h4-5,7H,2-3,6H2,1H3,(H,18,19,20). The van der Waals surface area contributed by atoms with Gasteiger partial charge >= 0.3 is 0 Å². The summed E-state index contributed by atoms with van der Waals surface area (Å²) in [5.41, 5.74) is 1.33. The van der Waals surface area contributed by atoms with Gasteiger partial charge in [-0.05, 0) is 34.0 Å². The van der Waals surface area contributed by atoms with E-state index in [1.165, 1.54) is 12.1 Å². The van der Waals surface area contributed by atoms with Crippen LogP contribution < -0.4 is 0 Å². The van der Waals surface area contributed by atoms with Crippen molar-refractivity contribution in [2.45, 2.75) is 26.2 Å². The third-order valence-corrected chi connectivity index (χ3v) is 4.27. The zero-order valence-corrected chi connectivity index (χ0v) is 13.2. The zero-order chi connectivity index (χ0) is 14.7. The number of aromatic amines is 1. The molecule has 1 heterocycles. The third kappa shape index (κ3) is 3.49. The summed E-state index contributed by atoms with van der Waals surface area (Å²) in [6, 6.07) is 3.53. The normalized spacial score (nSPS) is 10.8. The lowest BCUT2D eigenvalue weighted by atomic mass is 10.1. The van der Waals surface area contributed by atoms with Crippen LogP contribution in [-0.4, -0.2) is 9.97 Å². The minimum absolute atomic E-state index is 0.250. The number of aryl methyl sites for hydroxylation is 1. The molecule has 2 rings (SSSR count). The molecule has 0 aliphatic rings. The molecule has 106 valence electrons. The fourth-order valence-corrected chi connectivity index (χ4v) is 2.53. The lowest BCUT2D eigenvalue weighted by Gasteiger charge is -2.08. The number of H-pyrrole nitrogens is 1. The summed E-state index contributed by atoms with van der Waals surface area (Å²) in [7, 11) is 0. The van der Waals surface area contributed by atoms with Crippen LogP contribution in [0.5, 0.6) is 0 Å². The van der Waals surface area contributed by atoms with E-state index in [4.69, 9.17) is 12.2 Å². The molecule has 1 aromatic carbocycles. The fourth-order valence-electron chi connectivity index (χ4n) is 1.91. The highest BCUT2D eigenvalue weighted by molar-refractivity contribution is 9.10. The quantitative estimate of drug-likeness (QED) is 0.800. The molecule has 1 N–H and O–H groups in total. The van der Waals surface area contributed by atoms with Crippen molar-refractivity contribution in [3.63, 3.8) is 0 Å². The number of aromatic nitrogens is 2. The van der Waals surface area contributed by atoms with Crippen molar-refractivity contribution in [1.29, 1.82) is 0 Å². The summed E-state index contributed by atoms with van der Waals surface area (Å²) < 4.78 is 27.8. The van der Waals surface area contributed by atoms with E-state index in [9.17, 15) is 8.78 Å². The lowest BCUT2D eigenvalue weighted by Crippen LogP contribution is -2.04. The maximum absolute atomic E-state index is 13.6. The first-order valence-electron chi connectivity index (χ1n) is 6.22. The predicted molar refractivity (Wildman–Crippen MR) is 80.3 cm³/mol. The van der Waals surface area contributed by atoms with Crippen LogP contribution in [0.15, 0.2) is 22.7 Å². The maximum Gasteiger partial charge on any atom is 0.144 e. The molecule has 2 nitrogen and oxygen atoms in total. The molecule has 0 unspecified atom stereocenters. The highest BCUT2D eigenvalue weighted by Gasteiger charge is 2.09. The molecule has 0 spiro atoms. The second-order valence-corrected chi connectivity index (χ2v) is 5.62. The summed E-state index contributed by atoms with van der Waals surface area (Å²) >= 11 is 8.58. The van der Waals surface area contributed by atoms with Crippen LogP contribution in [0.25, 0.3) is 0 Å². The highest BCUT2D eigenvalue weighted by Crippen LogP contribution is 2.19. The van der Waals surface area contributed by atoms with E-state index in [0.717, 1.165) is 29.1 Å². The van der Waals surface area contributed by atoms with Gasteiger partial charge in [-0.1, -0.05) is 31.6 Å². The average molecular weight is 359 g/mol. The maximum atomic E-state index is 13.6. The highest BCUT2D eigenvalue weighted by atomic mass is 79.9. The number of rotatable bonds is 4. The van der Waals surface area contributed by atoms with Crippen molar-refractivity contribution in [2.75, 3.05) is 0 Å². The zero-order valence-electron chi connectivity index (χ0n) is 10.8. The minimum atomic E-state index is -0.588. The van der Waals surface area contributed by atoms with Crippen LogP contribution in [-0.2, 0) is 12.8 Å². The number of hydrogen-bond acceptors (Lipinski definition) is 2. The van der Waals surface area contributed by atoms with Crippen molar-refractivity contribution in [1.82, 2.24) is 9.97 Å². The largest absolute Gasteiger partial charge is 0.346 e. The Morgan fingerprint density at radius 2 is 2.10 bits per heavy atom. The van der Waals surface area contributed by atoms with E-state index < -0.39 is 11.6 Å². The number of halogens is 3. The second kappa shape index (κ2) is 6.54. The number of hydrogen-bond donors (Lipinski definition) is 1. The second-order valence-electron chi connectivity index (χ2n) is 4.44. The van der Waals surface area contributed by atoms with Gasteiger partial charge in [-0.15, -0.1) is 0 Å². The van der Waals surface area contributed by atoms with E-state index in [2.05, 4.69) is 32.8 Å². The predicted octanol–water partition coefficient (Wildman–Crippen LogP) is 4.72. The van der Waals surface area contributed by atoms with Crippen LogP contribution in [0.3, 0.4) is 0 Å². The Morgan fingerprint density at radius 3 is 2.75 bits per heavy atom. The first-order chi connectivity index (χ1) is 9.51. The Balaban J connectivity index is 2.36. The van der Waals surface area contributed by atoms with Crippen molar-refractivity contribution in [3.05, 3.63) is 56.0 Å². The van der Waals surface area contributed by atoms with Crippen molar-refractivity contribution >= 4 is 28.1 Å². The molecule has 0 aliphatic carbocycles. The van der Waals surface area contributed by atoms with Crippen molar-refractivity contribution in [3.8, 4) is 0 Å². The van der Waals surface area contributed by atoms with Gasteiger partial charge in [0, 0.05) is 18.2 Å². The molecule has 0 fully saturated rings. The third-order valence-electron chi connectivity index (χ3n) is 2.86. The molecule has 0 bridgehead atoms. The molecular weight excluding hydrogens is 346 g/mol. The van der Waals surface area contributed by atoms with Crippen LogP contribution in [0.1, 0.15) is 30.4 Å². The first kappa shape index (κ1) is 15.3. The van der Waals surface area contributed by atoms with Crippen molar-refractivity contribution < 1.29 is 8.78 Å². The lowest BCUT2D eigenvalue weighted by molar-refractivity contribution is 0.573. The molecule has 0 radical (unpaired) electrons. The van der Waals surface area contributed by atoms with Crippen LogP contribution in [0.2, 0.25) is 0 Å². The molecule has 1 aromatic heterocycles. The Hall–Kier alpha value is -1.14. The molecule has 0 aliphatic heterocycles. The summed E-state index contributed by atoms with van der Waals surface area (Å²) in [5.74, 6) is -0.590. The molecule has 0 amide bonds. The van der Waals surface area contributed by atoms with Crippen LogP contribution in [0.4, 0.5) is 8.78 Å². The average Bonchev–Trinajstić information content (AvgIpc) is 2.39. The van der Waals surface area contributed by atoms with Gasteiger partial charge in [-0.3, -0.25) is 0 Å². The molecular formula is C14H13BrF2N2S. The number of nitrogens with one attached hydrogen (secondary N) is 1. The number of benzene rings is 1. The topological polar surface area (TPSA) is 28.7 Å². The summed E-state index contributed by atoms with van der Waals surface area (Å²) in [6.45, 7) is 2.06. The van der Waals surface area contributed by atoms with Crippen molar-refractivity contribution in [2.24, 2.45) is 0 Å². The van der Waals surface area contributed by atoms with E-state index in [1.54, 1.807) is 0 Å². The summed E-state index contributed by atoms with van der Waals surface area (Å²) in [5, 5.41) is 0. The van der Waals surface area contributed by atoms with E-state index in [0.29, 0.717) is 16.0 Å². The molecule has 0 saturated carbocycles. The monoisotopic (exact) mass is 358 g/mol. The van der Waals surface area contributed by atoms with Gasteiger partial charge in [0.05, 0.1) is 4.47 Å². The Kier molecular flexibility index (Phi) is 4.99. The molecule has 20 heavy (non-hydrogen) atoms. The van der Waals surface area contributed by atoms with E-state index in [-0.39, 0.29) is 6.42 Å². The van der Waals surface area contributed by atoms with Gasteiger partial charge < -0.3 is 4.98 Å². The minimum Gasteiger partial charge on any atom is -0.346 e. The van der Waals surface area contributed by atoms with Gasteiger partial charge in [0.1, 0.15) is 22.1 Å². The van der Waals surface area contributed by atoms with Gasteiger partial charge in [0.15, 0.2) is 0 Å². The molecule has 0 atom stereocenters. The van der Waals surface area contributed by atoms with Gasteiger partial charge in [0.2, 0.25) is 0 Å². The Bertz CT molecular complexity index is 685. The van der Waals surface area contributed by atoms with Crippen LogP contribution >= 0.6 is 28.1 Å². The molecule has 2 aromatic rings. The summed E-state index contributed by atoms with van der Waals surface area (Å²) in [6.07, 6.45) is 2.03. The van der Waals surface area contributed by atoms with Gasteiger partial charge in [0.25, 0.3) is 0 Å². The summed E-state index contributed by atoms with van der Waals surface area (Å²) in [4.78, 5) is 7.39.